The van der Waals surface area contributed by atoms with Crippen molar-refractivity contribution in [2.45, 2.75) is 6.92 Å². The molecule has 0 saturated heterocycles. The van der Waals surface area contributed by atoms with Crippen molar-refractivity contribution in [3.8, 4) is 11.1 Å². The van der Waals surface area contributed by atoms with Gasteiger partial charge in [-0.25, -0.2) is 4.79 Å². The van der Waals surface area contributed by atoms with Crippen LogP contribution in [0.1, 0.15) is 27.6 Å². The van der Waals surface area contributed by atoms with Gasteiger partial charge < -0.3 is 10.1 Å². The maximum atomic E-state index is 12.5. The van der Waals surface area contributed by atoms with Gasteiger partial charge in [-0.05, 0) is 36.2 Å². The van der Waals surface area contributed by atoms with E-state index in [9.17, 15) is 14.4 Å². The molecule has 0 saturated carbocycles. The topological polar surface area (TPSA) is 72.5 Å². The molecule has 0 spiro atoms. The lowest BCUT2D eigenvalue weighted by Gasteiger charge is -2.11. The highest BCUT2D eigenvalue weighted by Gasteiger charge is 2.16. The first-order valence-electron chi connectivity index (χ1n) is 8.77. The van der Waals surface area contributed by atoms with Crippen LogP contribution in [0.15, 0.2) is 78.9 Å². The van der Waals surface area contributed by atoms with Crippen LogP contribution in [0.5, 0.6) is 0 Å². The van der Waals surface area contributed by atoms with Gasteiger partial charge in [0.15, 0.2) is 12.4 Å². The maximum Gasteiger partial charge on any atom is 0.339 e. The Bertz CT molecular complexity index is 1010. The molecule has 3 rings (SSSR count). The second kappa shape index (κ2) is 8.77. The van der Waals surface area contributed by atoms with Crippen molar-refractivity contribution >= 4 is 23.3 Å². The van der Waals surface area contributed by atoms with Crippen LogP contribution in [0.25, 0.3) is 11.1 Å². The molecule has 140 valence electrons. The van der Waals surface area contributed by atoms with Gasteiger partial charge in [0.25, 0.3) is 5.91 Å². The van der Waals surface area contributed by atoms with Crippen LogP contribution in [0.2, 0.25) is 0 Å². The van der Waals surface area contributed by atoms with Crippen molar-refractivity contribution in [3.05, 3.63) is 90.0 Å². The van der Waals surface area contributed by atoms with Crippen LogP contribution in [-0.4, -0.2) is 24.3 Å². The molecule has 0 aliphatic heterocycles. The second-order valence-corrected chi connectivity index (χ2v) is 6.14. The Hall–Kier alpha value is -3.73. The zero-order chi connectivity index (χ0) is 19.9. The van der Waals surface area contributed by atoms with Gasteiger partial charge in [0.2, 0.25) is 0 Å². The molecular weight excluding hydrogens is 354 g/mol. The highest BCUT2D eigenvalue weighted by molar-refractivity contribution is 6.04. The van der Waals surface area contributed by atoms with Gasteiger partial charge in [0.05, 0.1) is 11.3 Å². The molecule has 0 aliphatic carbocycles. The molecule has 5 nitrogen and oxygen atoms in total. The minimum absolute atomic E-state index is 0.162. The number of hydrogen-bond acceptors (Lipinski definition) is 4. The van der Waals surface area contributed by atoms with Crippen molar-refractivity contribution in [1.29, 1.82) is 0 Å². The Kier molecular flexibility index (Phi) is 5.97. The molecule has 1 N–H and O–H groups in total. The number of ether oxygens (including phenoxy) is 1. The van der Waals surface area contributed by atoms with Crippen LogP contribution in [0.3, 0.4) is 0 Å². The summed E-state index contributed by atoms with van der Waals surface area (Å²) in [5.74, 6) is -1.27. The number of amides is 1. The molecule has 0 aliphatic rings. The number of carbonyl (C=O) groups excluding carboxylic acids is 3. The lowest BCUT2D eigenvalue weighted by Crippen LogP contribution is -2.22. The molecule has 0 unspecified atom stereocenters. The van der Waals surface area contributed by atoms with Crippen LogP contribution in [-0.2, 0) is 9.53 Å². The third kappa shape index (κ3) is 4.51. The van der Waals surface area contributed by atoms with E-state index in [-0.39, 0.29) is 5.78 Å². The van der Waals surface area contributed by atoms with Crippen molar-refractivity contribution in [3.63, 3.8) is 0 Å². The fourth-order valence-corrected chi connectivity index (χ4v) is 2.82. The summed E-state index contributed by atoms with van der Waals surface area (Å²) in [5.41, 5.74) is 2.79. The van der Waals surface area contributed by atoms with E-state index in [2.05, 4.69) is 5.32 Å². The van der Waals surface area contributed by atoms with Crippen molar-refractivity contribution in [2.75, 3.05) is 11.9 Å². The lowest BCUT2D eigenvalue weighted by atomic mass is 10.00. The van der Waals surface area contributed by atoms with Gasteiger partial charge in [-0.15, -0.1) is 0 Å². The Morgan fingerprint density at radius 3 is 2.11 bits per heavy atom. The molecule has 0 bridgehead atoms. The maximum absolute atomic E-state index is 12.5. The highest BCUT2D eigenvalue weighted by atomic mass is 16.5. The van der Waals surface area contributed by atoms with E-state index in [1.807, 2.05) is 42.5 Å². The summed E-state index contributed by atoms with van der Waals surface area (Å²) >= 11 is 0. The first kappa shape index (κ1) is 19.0. The first-order valence-corrected chi connectivity index (χ1v) is 8.77. The molecule has 1 amide bonds. The van der Waals surface area contributed by atoms with Crippen LogP contribution in [0, 0.1) is 0 Å². The molecule has 3 aromatic carbocycles. The zero-order valence-electron chi connectivity index (χ0n) is 15.3. The minimum Gasteiger partial charge on any atom is -0.452 e. The average Bonchev–Trinajstić information content (AvgIpc) is 2.73. The van der Waals surface area contributed by atoms with Crippen LogP contribution >= 0.6 is 0 Å². The molecule has 0 aromatic heterocycles. The van der Waals surface area contributed by atoms with Gasteiger partial charge in [-0.1, -0.05) is 60.7 Å². The number of esters is 1. The third-order valence-electron chi connectivity index (χ3n) is 4.15. The molecule has 5 heteroatoms. The Morgan fingerprint density at radius 1 is 0.786 bits per heavy atom. The number of anilines is 1. The summed E-state index contributed by atoms with van der Waals surface area (Å²) in [7, 11) is 0. The van der Waals surface area contributed by atoms with Crippen molar-refractivity contribution in [2.24, 2.45) is 0 Å². The molecule has 0 atom stereocenters. The van der Waals surface area contributed by atoms with Gasteiger partial charge in [0.1, 0.15) is 0 Å². The minimum atomic E-state index is -0.588. The molecule has 3 aromatic rings. The van der Waals surface area contributed by atoms with Gasteiger partial charge in [-0.3, -0.25) is 9.59 Å². The van der Waals surface area contributed by atoms with E-state index < -0.39 is 18.5 Å². The third-order valence-corrected chi connectivity index (χ3v) is 4.15. The molecule has 28 heavy (non-hydrogen) atoms. The largest absolute Gasteiger partial charge is 0.452 e. The van der Waals surface area contributed by atoms with E-state index in [0.717, 1.165) is 11.1 Å². The van der Waals surface area contributed by atoms with E-state index in [4.69, 9.17) is 4.74 Å². The van der Waals surface area contributed by atoms with Crippen LogP contribution in [0.4, 0.5) is 5.69 Å². The second-order valence-electron chi connectivity index (χ2n) is 6.14. The smallest absolute Gasteiger partial charge is 0.339 e. The number of Topliss-reactive ketones (excluding diaryl/α,β-unsaturated/α-hetero) is 1. The molecule has 0 fully saturated rings. The van der Waals surface area contributed by atoms with Crippen molar-refractivity contribution in [1.82, 2.24) is 0 Å². The molecular formula is C23H19NO4. The number of hydrogen-bond donors (Lipinski definition) is 1. The van der Waals surface area contributed by atoms with Gasteiger partial charge in [-0.2, -0.15) is 0 Å². The average molecular weight is 373 g/mol. The Balaban J connectivity index is 1.69. The number of ketones is 1. The normalized spacial score (nSPS) is 10.2. The fraction of sp³-hybridized carbons (Fsp3) is 0.0870. The quantitative estimate of drug-likeness (QED) is 0.515. The number of nitrogens with one attached hydrogen (secondary N) is 1. The first-order chi connectivity index (χ1) is 13.6. The number of benzene rings is 3. The van der Waals surface area contributed by atoms with Gasteiger partial charge >= 0.3 is 5.97 Å². The van der Waals surface area contributed by atoms with E-state index >= 15 is 0 Å². The lowest BCUT2D eigenvalue weighted by molar-refractivity contribution is -0.119. The Labute approximate surface area is 163 Å². The highest BCUT2D eigenvalue weighted by Crippen LogP contribution is 2.24. The summed E-state index contributed by atoms with van der Waals surface area (Å²) in [6.07, 6.45) is 0. The van der Waals surface area contributed by atoms with Crippen LogP contribution < -0.4 is 5.32 Å². The summed E-state index contributed by atoms with van der Waals surface area (Å²) in [6, 6.07) is 23.2. The standard InChI is InChI=1S/C23H19NO4/c1-16(25)18-11-7-8-14-21(18)24-22(26)15-28-23(27)20-13-6-5-12-19(20)17-9-3-2-4-10-17/h2-14H,15H2,1H3,(H,24,26). The SMILES string of the molecule is CC(=O)c1ccccc1NC(=O)COC(=O)c1ccccc1-c1ccccc1. The van der Waals surface area contributed by atoms with E-state index in [1.54, 1.807) is 36.4 Å². The fourth-order valence-electron chi connectivity index (χ4n) is 2.82. The van der Waals surface area contributed by atoms with Crippen molar-refractivity contribution < 1.29 is 19.1 Å². The van der Waals surface area contributed by atoms with E-state index in [0.29, 0.717) is 16.8 Å². The Morgan fingerprint density at radius 2 is 1.39 bits per heavy atom. The predicted octanol–water partition coefficient (Wildman–Crippen LogP) is 4.35. The molecule has 0 radical (unpaired) electrons. The predicted molar refractivity (Wildman–Crippen MR) is 107 cm³/mol. The summed E-state index contributed by atoms with van der Waals surface area (Å²) < 4.78 is 5.19. The summed E-state index contributed by atoms with van der Waals surface area (Å²) in [6.45, 7) is 0.972. The number of rotatable bonds is 6. The van der Waals surface area contributed by atoms with Gasteiger partial charge in [0, 0.05) is 5.56 Å². The molecule has 0 heterocycles. The summed E-state index contributed by atoms with van der Waals surface area (Å²) in [4.78, 5) is 36.3. The summed E-state index contributed by atoms with van der Waals surface area (Å²) in [5, 5.41) is 2.61. The van der Waals surface area contributed by atoms with E-state index in [1.165, 1.54) is 6.92 Å². The number of para-hydroxylation sites is 1. The number of carbonyl (C=O) groups is 3. The monoisotopic (exact) mass is 373 g/mol. The zero-order valence-corrected chi connectivity index (χ0v) is 15.3.